The second-order valence-corrected chi connectivity index (χ2v) is 8.24. The molecule has 2 aliphatic heterocycles. The van der Waals surface area contributed by atoms with E-state index in [1.54, 1.807) is 11.3 Å². The molecule has 134 valence electrons. The number of aromatic nitrogens is 2. The highest BCUT2D eigenvalue weighted by Crippen LogP contribution is 2.48. The number of hydrogen-bond acceptors (Lipinski definition) is 4. The highest BCUT2D eigenvalue weighted by molar-refractivity contribution is 5.33. The largest absolute Gasteiger partial charge is 0.380 e. The van der Waals surface area contributed by atoms with Crippen LogP contribution in [0.2, 0.25) is 0 Å². The van der Waals surface area contributed by atoms with Crippen LogP contribution >= 0.6 is 0 Å². The lowest BCUT2D eigenvalue weighted by molar-refractivity contribution is -0.132. The first-order valence-corrected chi connectivity index (χ1v) is 9.70. The average molecular weight is 332 g/mol. The summed E-state index contributed by atoms with van der Waals surface area (Å²) >= 11 is 0. The van der Waals surface area contributed by atoms with Gasteiger partial charge < -0.3 is 10.1 Å². The Balaban J connectivity index is 1.50. The van der Waals surface area contributed by atoms with Crippen molar-refractivity contribution in [2.75, 3.05) is 40.4 Å². The Hall–Kier alpha value is -0.910. The van der Waals surface area contributed by atoms with Crippen molar-refractivity contribution in [1.29, 1.82) is 0 Å². The number of ether oxygens (including phenoxy) is 1. The van der Waals surface area contributed by atoms with Crippen LogP contribution in [0, 0.1) is 5.41 Å². The van der Waals surface area contributed by atoms with E-state index in [1.807, 2.05) is 7.05 Å². The quantitative estimate of drug-likeness (QED) is 0.867. The minimum absolute atomic E-state index is 0.538. The van der Waals surface area contributed by atoms with Gasteiger partial charge in [0.25, 0.3) is 0 Å². The van der Waals surface area contributed by atoms with E-state index in [1.165, 1.54) is 44.2 Å². The van der Waals surface area contributed by atoms with Crippen LogP contribution in [0.3, 0.4) is 0 Å². The Labute approximate surface area is 145 Å². The van der Waals surface area contributed by atoms with Gasteiger partial charge in [-0.15, -0.1) is 0 Å². The summed E-state index contributed by atoms with van der Waals surface area (Å²) < 4.78 is 7.81. The first kappa shape index (κ1) is 16.6. The van der Waals surface area contributed by atoms with Gasteiger partial charge in [0.1, 0.15) is 0 Å². The van der Waals surface area contributed by atoms with Crippen molar-refractivity contribution in [2.45, 2.75) is 57.5 Å². The van der Waals surface area contributed by atoms with Gasteiger partial charge in [0.05, 0.1) is 18.9 Å². The van der Waals surface area contributed by atoms with Crippen LogP contribution in [0.15, 0.2) is 0 Å². The van der Waals surface area contributed by atoms with Gasteiger partial charge in [0.15, 0.2) is 0 Å². The molecule has 0 atom stereocenters. The van der Waals surface area contributed by atoms with Crippen molar-refractivity contribution in [3.63, 3.8) is 0 Å². The first-order valence-electron chi connectivity index (χ1n) is 9.70. The van der Waals surface area contributed by atoms with E-state index in [0.717, 1.165) is 45.3 Å². The molecule has 3 aliphatic rings. The lowest BCUT2D eigenvalue weighted by Gasteiger charge is -2.46. The summed E-state index contributed by atoms with van der Waals surface area (Å²) in [5.74, 6) is 0.728. The number of rotatable bonds is 6. The number of aryl methyl sites for hydroxylation is 1. The predicted molar refractivity (Wildman–Crippen MR) is 95.3 cm³/mol. The Morgan fingerprint density at radius 1 is 1.33 bits per heavy atom. The number of nitrogens with zero attached hydrogens (tertiary/aromatic N) is 3. The number of hydrogen-bond donors (Lipinski definition) is 1. The topological polar surface area (TPSA) is 42.3 Å². The van der Waals surface area contributed by atoms with Crippen LogP contribution < -0.4 is 5.32 Å². The van der Waals surface area contributed by atoms with Crippen LogP contribution in [-0.2, 0) is 24.2 Å². The number of likely N-dealkylation sites (N-methyl/N-ethyl adjacent to an activating group) is 2. The summed E-state index contributed by atoms with van der Waals surface area (Å²) in [7, 11) is 4.24. The predicted octanol–water partition coefficient (Wildman–Crippen LogP) is 2.15. The Morgan fingerprint density at radius 3 is 2.79 bits per heavy atom. The maximum absolute atomic E-state index is 5.50. The van der Waals surface area contributed by atoms with E-state index in [2.05, 4.69) is 21.9 Å². The van der Waals surface area contributed by atoms with E-state index >= 15 is 0 Å². The minimum Gasteiger partial charge on any atom is -0.380 e. The van der Waals surface area contributed by atoms with Gasteiger partial charge in [-0.05, 0) is 58.5 Å². The summed E-state index contributed by atoms with van der Waals surface area (Å²) in [5, 5.41) is 8.26. The van der Waals surface area contributed by atoms with Crippen LogP contribution in [0.25, 0.3) is 0 Å². The molecule has 0 bridgehead atoms. The molecule has 24 heavy (non-hydrogen) atoms. The van der Waals surface area contributed by atoms with Gasteiger partial charge in [-0.25, -0.2) is 0 Å². The highest BCUT2D eigenvalue weighted by atomic mass is 16.5. The van der Waals surface area contributed by atoms with Crippen LogP contribution in [-0.4, -0.2) is 55.1 Å². The Bertz CT molecular complexity index is 568. The fraction of sp³-hybridized carbons (Fsp3) is 0.842. The van der Waals surface area contributed by atoms with Crippen molar-refractivity contribution in [3.05, 3.63) is 17.0 Å². The minimum atomic E-state index is 0.538. The highest BCUT2D eigenvalue weighted by Gasteiger charge is 2.43. The fourth-order valence-corrected chi connectivity index (χ4v) is 4.83. The molecular formula is C19H32N4O. The van der Waals surface area contributed by atoms with Crippen molar-refractivity contribution in [2.24, 2.45) is 5.41 Å². The molecule has 1 saturated carbocycles. The summed E-state index contributed by atoms with van der Waals surface area (Å²) in [6, 6.07) is 0. The monoisotopic (exact) mass is 332 g/mol. The Morgan fingerprint density at radius 2 is 2.12 bits per heavy atom. The third-order valence-electron chi connectivity index (χ3n) is 6.39. The van der Waals surface area contributed by atoms with E-state index in [4.69, 9.17) is 9.84 Å². The average Bonchev–Trinajstić information content (AvgIpc) is 3.12. The molecule has 0 aromatic carbocycles. The molecule has 5 nitrogen and oxygen atoms in total. The smallest absolute Gasteiger partial charge is 0.0802 e. The van der Waals surface area contributed by atoms with Gasteiger partial charge >= 0.3 is 0 Å². The van der Waals surface area contributed by atoms with Crippen LogP contribution in [0.5, 0.6) is 0 Å². The van der Waals surface area contributed by atoms with Gasteiger partial charge in [-0.2, -0.15) is 5.10 Å². The molecule has 0 radical (unpaired) electrons. The van der Waals surface area contributed by atoms with E-state index in [9.17, 15) is 0 Å². The van der Waals surface area contributed by atoms with E-state index in [0.29, 0.717) is 5.41 Å². The van der Waals surface area contributed by atoms with Crippen molar-refractivity contribution >= 4 is 0 Å². The standard InChI is InChI=1S/C19H32N4O/c1-20-9-11-22(2)12-16-18(17-4-3-10-23(17)21-16)15-5-7-19(8-6-15)13-24-14-19/h15,20H,3-14H2,1-2H3. The molecule has 1 aliphatic carbocycles. The van der Waals surface area contributed by atoms with Crippen molar-refractivity contribution in [3.8, 4) is 0 Å². The fourth-order valence-electron chi connectivity index (χ4n) is 4.83. The normalized spacial score (nSPS) is 23.0. The zero-order chi connectivity index (χ0) is 16.6. The zero-order valence-electron chi connectivity index (χ0n) is 15.3. The molecule has 1 saturated heterocycles. The van der Waals surface area contributed by atoms with Crippen molar-refractivity contribution in [1.82, 2.24) is 20.0 Å². The Kier molecular flexibility index (Phi) is 4.67. The van der Waals surface area contributed by atoms with Gasteiger partial charge in [-0.1, -0.05) is 0 Å². The molecule has 3 heterocycles. The molecule has 1 aromatic rings. The summed E-state index contributed by atoms with van der Waals surface area (Å²) in [6.45, 7) is 6.22. The molecule has 1 N–H and O–H groups in total. The van der Waals surface area contributed by atoms with Gasteiger partial charge in [-0.3, -0.25) is 9.58 Å². The molecular weight excluding hydrogens is 300 g/mol. The maximum atomic E-state index is 5.50. The van der Waals surface area contributed by atoms with Crippen molar-refractivity contribution < 1.29 is 4.74 Å². The van der Waals surface area contributed by atoms with Crippen LogP contribution in [0.4, 0.5) is 0 Å². The molecule has 4 rings (SSSR count). The molecule has 1 aromatic heterocycles. The first-order chi connectivity index (χ1) is 11.7. The van der Waals surface area contributed by atoms with E-state index in [-0.39, 0.29) is 0 Å². The molecule has 0 unspecified atom stereocenters. The van der Waals surface area contributed by atoms with Gasteiger partial charge in [0.2, 0.25) is 0 Å². The zero-order valence-corrected chi connectivity index (χ0v) is 15.3. The molecule has 0 amide bonds. The summed E-state index contributed by atoms with van der Waals surface area (Å²) in [4.78, 5) is 2.40. The van der Waals surface area contributed by atoms with Crippen LogP contribution in [0.1, 0.15) is 55.0 Å². The summed E-state index contributed by atoms with van der Waals surface area (Å²) in [5.41, 5.74) is 5.07. The lowest BCUT2D eigenvalue weighted by atomic mass is 9.67. The molecule has 5 heteroatoms. The second-order valence-electron chi connectivity index (χ2n) is 8.24. The third kappa shape index (κ3) is 3.02. The van der Waals surface area contributed by atoms with Gasteiger partial charge in [0, 0.05) is 42.9 Å². The SMILES string of the molecule is CNCCN(C)Cc1nn2c(c1C1CCC3(CC1)COC3)CCC2. The second kappa shape index (κ2) is 6.77. The maximum Gasteiger partial charge on any atom is 0.0802 e. The summed E-state index contributed by atoms with van der Waals surface area (Å²) in [6.07, 6.45) is 7.85. The third-order valence-corrected chi connectivity index (χ3v) is 6.39. The molecule has 1 spiro atoms. The number of nitrogens with one attached hydrogen (secondary N) is 1. The molecule has 2 fully saturated rings. The lowest BCUT2D eigenvalue weighted by Crippen LogP contribution is -2.44. The van der Waals surface area contributed by atoms with E-state index < -0.39 is 0 Å². The number of fused-ring (bicyclic) bond motifs is 1.